The minimum Gasteiger partial charge on any atom is -0.494 e. The molecule has 8 heteroatoms. The van der Waals surface area contributed by atoms with Crippen molar-refractivity contribution >= 4 is 10.9 Å². The lowest BCUT2D eigenvalue weighted by Gasteiger charge is -2.26. The molecule has 4 heterocycles. The first-order valence-corrected chi connectivity index (χ1v) is 9.33. The second kappa shape index (κ2) is 5.70. The third-order valence-electron chi connectivity index (χ3n) is 6.26. The zero-order chi connectivity index (χ0) is 20.6. The molecule has 4 N–H and O–H groups in total. The molecule has 1 saturated heterocycles. The van der Waals surface area contributed by atoms with E-state index in [2.05, 4.69) is 11.1 Å². The summed E-state index contributed by atoms with van der Waals surface area (Å²) >= 11 is 0. The summed E-state index contributed by atoms with van der Waals surface area (Å²) in [5.74, 6) is -0.454. The van der Waals surface area contributed by atoms with Gasteiger partial charge in [0, 0.05) is 31.0 Å². The summed E-state index contributed by atoms with van der Waals surface area (Å²) in [7, 11) is 0. The van der Waals surface area contributed by atoms with Crippen molar-refractivity contribution in [3.05, 3.63) is 47.2 Å². The predicted molar refractivity (Wildman–Crippen MR) is 102 cm³/mol. The summed E-state index contributed by atoms with van der Waals surface area (Å²) in [6.07, 6.45) is 1.08. The van der Waals surface area contributed by atoms with Crippen molar-refractivity contribution in [2.45, 2.75) is 37.1 Å². The molecule has 2 aliphatic heterocycles. The number of ether oxygens (including phenoxy) is 1. The van der Waals surface area contributed by atoms with Gasteiger partial charge in [-0.1, -0.05) is 0 Å². The molecule has 29 heavy (non-hydrogen) atoms. The quantitative estimate of drug-likeness (QED) is 0.534. The highest BCUT2D eigenvalue weighted by molar-refractivity contribution is 5.92. The minimum atomic E-state index is -1.20. The third-order valence-corrected chi connectivity index (χ3v) is 6.26. The number of fused-ring (bicyclic) bond motifs is 6. The zero-order valence-electron chi connectivity index (χ0n) is 15.6. The molecule has 5 rings (SSSR count). The molecule has 3 aromatic rings. The number of nitriles is 1. The van der Waals surface area contributed by atoms with Crippen LogP contribution in [0, 0.1) is 11.3 Å². The average molecular weight is 393 g/mol. The number of benzene rings is 1. The van der Waals surface area contributed by atoms with E-state index in [-0.39, 0.29) is 31.2 Å². The fraction of sp³-hybridized carbons (Fsp3) is 0.333. The van der Waals surface area contributed by atoms with E-state index >= 15 is 0 Å². The Morgan fingerprint density at radius 3 is 2.76 bits per heavy atom. The Morgan fingerprint density at radius 1 is 1.28 bits per heavy atom. The maximum absolute atomic E-state index is 11.2. The van der Waals surface area contributed by atoms with Crippen molar-refractivity contribution in [3.63, 3.8) is 0 Å². The van der Waals surface area contributed by atoms with E-state index < -0.39 is 17.3 Å². The average Bonchev–Trinajstić information content (AvgIpc) is 3.23. The maximum atomic E-state index is 11.2. The Hall–Kier alpha value is -3.12. The Labute approximate surface area is 165 Å². The number of hydrogen-bond donors (Lipinski definition) is 4. The molecule has 0 unspecified atom stereocenters. The van der Waals surface area contributed by atoms with Gasteiger partial charge in [0.2, 0.25) is 11.8 Å². The number of hydrogen-bond acceptors (Lipinski definition) is 7. The van der Waals surface area contributed by atoms with Gasteiger partial charge >= 0.3 is 0 Å². The summed E-state index contributed by atoms with van der Waals surface area (Å²) in [6.45, 7) is 1.47. The van der Waals surface area contributed by atoms with Crippen molar-refractivity contribution in [1.29, 1.82) is 5.26 Å². The van der Waals surface area contributed by atoms with Crippen LogP contribution in [0.3, 0.4) is 0 Å². The van der Waals surface area contributed by atoms with Crippen LogP contribution in [0.4, 0.5) is 0 Å². The van der Waals surface area contributed by atoms with Gasteiger partial charge < -0.3 is 25.2 Å². The first kappa shape index (κ1) is 17.9. The van der Waals surface area contributed by atoms with Crippen molar-refractivity contribution in [2.75, 3.05) is 6.61 Å². The fourth-order valence-electron chi connectivity index (χ4n) is 4.97. The summed E-state index contributed by atoms with van der Waals surface area (Å²) in [5, 5.41) is 52.4. The van der Waals surface area contributed by atoms with E-state index in [4.69, 9.17) is 4.74 Å². The van der Waals surface area contributed by atoms with Crippen LogP contribution in [0.15, 0.2) is 30.5 Å². The van der Waals surface area contributed by atoms with E-state index in [1.165, 1.54) is 4.57 Å². The topological polar surface area (TPSA) is 132 Å². The number of rotatable bonds is 3. The highest BCUT2D eigenvalue weighted by atomic mass is 16.6. The lowest BCUT2D eigenvalue weighted by molar-refractivity contribution is -0.108. The lowest BCUT2D eigenvalue weighted by Crippen LogP contribution is -2.33. The molecule has 2 aliphatic rings. The van der Waals surface area contributed by atoms with Crippen LogP contribution in [0.25, 0.3) is 16.6 Å². The number of aliphatic hydroxyl groups excluding tert-OH is 2. The molecule has 1 aromatic carbocycles. The molecule has 0 aliphatic carbocycles. The molecule has 8 nitrogen and oxygen atoms in total. The number of nitrogens with zero attached hydrogens (tertiary/aromatic N) is 3. The molecule has 0 radical (unpaired) electrons. The summed E-state index contributed by atoms with van der Waals surface area (Å²) in [5.41, 5.74) is -0.278. The van der Waals surface area contributed by atoms with Crippen molar-refractivity contribution in [3.8, 4) is 23.5 Å². The monoisotopic (exact) mass is 393 g/mol. The third kappa shape index (κ3) is 2.04. The Bertz CT molecular complexity index is 1210. The number of aliphatic hydroxyl groups is 2. The Morgan fingerprint density at radius 2 is 2.03 bits per heavy atom. The molecule has 0 spiro atoms. The first-order chi connectivity index (χ1) is 13.9. The standard InChI is InChI=1S/C21H19N3O5/c1-20-14(26)9-21(29-20,6-8-25)16-15(20)18(27)24(19(16)28)13-5-4-11(10-22)17-12(13)3-2-7-23-17/h2-5,7,14,25-28H,6,8-9H2,1H3/t14-,20-,21+/m0/s1. The van der Waals surface area contributed by atoms with Crippen LogP contribution >= 0.6 is 0 Å². The molecular formula is C21H19N3O5. The SMILES string of the molecule is C[C@]12O[C@](CCO)(C[C@@H]1O)c1c2c(O)n(-c2ccc(C#N)c3ncccc23)c1O. The van der Waals surface area contributed by atoms with Gasteiger partial charge in [-0.3, -0.25) is 9.55 Å². The zero-order valence-corrected chi connectivity index (χ0v) is 15.6. The highest BCUT2D eigenvalue weighted by Gasteiger charge is 2.65. The highest BCUT2D eigenvalue weighted by Crippen LogP contribution is 2.65. The Kier molecular flexibility index (Phi) is 3.53. The van der Waals surface area contributed by atoms with Crippen molar-refractivity contribution in [2.24, 2.45) is 0 Å². The van der Waals surface area contributed by atoms with Crippen LogP contribution < -0.4 is 0 Å². The molecule has 148 valence electrons. The van der Waals surface area contributed by atoms with E-state index in [9.17, 15) is 25.7 Å². The molecular weight excluding hydrogens is 374 g/mol. The number of pyridine rings is 1. The van der Waals surface area contributed by atoms with Crippen LogP contribution in [0.5, 0.6) is 11.8 Å². The van der Waals surface area contributed by atoms with E-state index in [1.807, 2.05) is 0 Å². The van der Waals surface area contributed by atoms with Crippen molar-refractivity contribution < 1.29 is 25.2 Å². The summed E-state index contributed by atoms with van der Waals surface area (Å²) < 4.78 is 7.38. The fourth-order valence-corrected chi connectivity index (χ4v) is 4.97. The van der Waals surface area contributed by atoms with Gasteiger partial charge in [0.15, 0.2) is 0 Å². The number of aromatic nitrogens is 2. The molecule has 0 saturated carbocycles. The van der Waals surface area contributed by atoms with Gasteiger partial charge in [-0.25, -0.2) is 0 Å². The van der Waals surface area contributed by atoms with E-state index in [0.29, 0.717) is 33.3 Å². The van der Waals surface area contributed by atoms with E-state index in [0.717, 1.165) is 0 Å². The first-order valence-electron chi connectivity index (χ1n) is 9.33. The van der Waals surface area contributed by atoms with Gasteiger partial charge in [-0.2, -0.15) is 5.26 Å². The second-order valence-electron chi connectivity index (χ2n) is 7.77. The molecule has 1 fully saturated rings. The summed E-state index contributed by atoms with van der Waals surface area (Å²) in [6, 6.07) is 8.79. The van der Waals surface area contributed by atoms with Crippen LogP contribution in [-0.2, 0) is 15.9 Å². The van der Waals surface area contributed by atoms with Gasteiger partial charge in [0.1, 0.15) is 17.3 Å². The number of aromatic hydroxyl groups is 2. The van der Waals surface area contributed by atoms with Gasteiger partial charge in [-0.05, 0) is 31.2 Å². The van der Waals surface area contributed by atoms with E-state index in [1.54, 1.807) is 37.4 Å². The van der Waals surface area contributed by atoms with Crippen LogP contribution in [0.1, 0.15) is 36.5 Å². The molecule has 2 bridgehead atoms. The lowest BCUT2D eigenvalue weighted by atomic mass is 9.76. The van der Waals surface area contributed by atoms with Crippen LogP contribution in [-0.4, -0.2) is 42.7 Å². The maximum Gasteiger partial charge on any atom is 0.205 e. The normalized spacial score (nSPS) is 27.3. The largest absolute Gasteiger partial charge is 0.494 e. The van der Waals surface area contributed by atoms with Crippen molar-refractivity contribution in [1.82, 2.24) is 9.55 Å². The van der Waals surface area contributed by atoms with Crippen LogP contribution in [0.2, 0.25) is 0 Å². The Balaban J connectivity index is 1.83. The summed E-state index contributed by atoms with van der Waals surface area (Å²) in [4.78, 5) is 4.28. The molecule has 3 atom stereocenters. The smallest absolute Gasteiger partial charge is 0.205 e. The second-order valence-corrected chi connectivity index (χ2v) is 7.77. The molecule has 0 amide bonds. The molecule has 2 aromatic heterocycles. The predicted octanol–water partition coefficient (Wildman–Crippen LogP) is 1.90. The van der Waals surface area contributed by atoms with Gasteiger partial charge in [0.25, 0.3) is 0 Å². The van der Waals surface area contributed by atoms with Gasteiger partial charge in [-0.15, -0.1) is 0 Å². The minimum absolute atomic E-state index is 0.180. The van der Waals surface area contributed by atoms with Gasteiger partial charge in [0.05, 0.1) is 34.0 Å².